The summed E-state index contributed by atoms with van der Waals surface area (Å²) in [6.07, 6.45) is 3.09. The molecule has 3 rings (SSSR count). The van der Waals surface area contributed by atoms with Gasteiger partial charge in [-0.15, -0.1) is 0 Å². The number of rotatable bonds is 2. The van der Waals surface area contributed by atoms with Crippen LogP contribution in [0.2, 0.25) is 0 Å². The highest BCUT2D eigenvalue weighted by atomic mass is 16.2. The highest BCUT2D eigenvalue weighted by Crippen LogP contribution is 2.11. The van der Waals surface area contributed by atoms with E-state index in [9.17, 15) is 9.59 Å². The highest BCUT2D eigenvalue weighted by molar-refractivity contribution is 5.81. The van der Waals surface area contributed by atoms with Crippen LogP contribution in [0.1, 0.15) is 5.56 Å². The molecule has 0 aliphatic carbocycles. The second-order valence-corrected chi connectivity index (χ2v) is 5.26. The SMILES string of the molecule is CN(C)C(=O)n1cnc2ccn(Cc3ccccc3)c2c1=O. The van der Waals surface area contributed by atoms with Gasteiger partial charge in [-0.25, -0.2) is 14.3 Å². The highest BCUT2D eigenvalue weighted by Gasteiger charge is 2.15. The van der Waals surface area contributed by atoms with E-state index in [1.807, 2.05) is 41.1 Å². The molecule has 6 heteroatoms. The second kappa shape index (κ2) is 5.48. The van der Waals surface area contributed by atoms with Crippen LogP contribution in [0.4, 0.5) is 4.79 Å². The van der Waals surface area contributed by atoms with Gasteiger partial charge in [0.25, 0.3) is 5.56 Å². The second-order valence-electron chi connectivity index (χ2n) is 5.26. The molecule has 0 saturated carbocycles. The van der Waals surface area contributed by atoms with Gasteiger partial charge in [0, 0.05) is 26.8 Å². The largest absolute Gasteiger partial charge is 0.337 e. The lowest BCUT2D eigenvalue weighted by molar-refractivity contribution is 0.218. The number of aromatic nitrogens is 3. The zero-order valence-corrected chi connectivity index (χ0v) is 12.4. The van der Waals surface area contributed by atoms with Crippen LogP contribution in [0.15, 0.2) is 53.7 Å². The number of hydrogen-bond donors (Lipinski definition) is 0. The van der Waals surface area contributed by atoms with E-state index in [0.29, 0.717) is 17.6 Å². The van der Waals surface area contributed by atoms with Crippen molar-refractivity contribution < 1.29 is 4.79 Å². The number of hydrogen-bond acceptors (Lipinski definition) is 3. The molecule has 0 unspecified atom stereocenters. The summed E-state index contributed by atoms with van der Waals surface area (Å²) < 4.78 is 2.85. The van der Waals surface area contributed by atoms with Gasteiger partial charge in [0.05, 0.1) is 5.52 Å². The third-order valence-electron chi connectivity index (χ3n) is 3.46. The van der Waals surface area contributed by atoms with Gasteiger partial charge >= 0.3 is 6.03 Å². The number of fused-ring (bicyclic) bond motifs is 1. The Hall–Kier alpha value is -2.89. The van der Waals surface area contributed by atoms with Crippen LogP contribution < -0.4 is 5.56 Å². The van der Waals surface area contributed by atoms with Crippen LogP contribution in [0.3, 0.4) is 0 Å². The lowest BCUT2D eigenvalue weighted by atomic mass is 10.2. The lowest BCUT2D eigenvalue weighted by Gasteiger charge is -2.12. The summed E-state index contributed by atoms with van der Waals surface area (Å²) in [6, 6.07) is 11.2. The molecule has 0 atom stereocenters. The van der Waals surface area contributed by atoms with E-state index in [-0.39, 0.29) is 5.56 Å². The summed E-state index contributed by atoms with van der Waals surface area (Å²) in [4.78, 5) is 30.2. The fraction of sp³-hybridized carbons (Fsp3) is 0.188. The Labute approximate surface area is 127 Å². The van der Waals surface area contributed by atoms with Crippen molar-refractivity contribution in [2.75, 3.05) is 14.1 Å². The van der Waals surface area contributed by atoms with Crippen LogP contribution in [-0.4, -0.2) is 39.1 Å². The number of nitrogens with zero attached hydrogens (tertiary/aromatic N) is 4. The molecule has 1 amide bonds. The molecule has 0 saturated heterocycles. The average molecular weight is 296 g/mol. The van der Waals surface area contributed by atoms with Crippen molar-refractivity contribution in [3.8, 4) is 0 Å². The first-order chi connectivity index (χ1) is 10.6. The average Bonchev–Trinajstić information content (AvgIpc) is 2.92. The van der Waals surface area contributed by atoms with Crippen LogP contribution in [0.5, 0.6) is 0 Å². The number of benzene rings is 1. The summed E-state index contributed by atoms with van der Waals surface area (Å²) in [5.74, 6) is 0. The normalized spacial score (nSPS) is 10.8. The minimum atomic E-state index is -0.410. The van der Waals surface area contributed by atoms with Gasteiger partial charge in [-0.2, -0.15) is 0 Å². The minimum Gasteiger partial charge on any atom is -0.337 e. The predicted molar refractivity (Wildman–Crippen MR) is 84.0 cm³/mol. The minimum absolute atomic E-state index is 0.357. The van der Waals surface area contributed by atoms with Crippen LogP contribution in [0, 0.1) is 0 Å². The van der Waals surface area contributed by atoms with Gasteiger partial charge in [-0.1, -0.05) is 30.3 Å². The molecular formula is C16H16N4O2. The Kier molecular flexibility index (Phi) is 3.50. The van der Waals surface area contributed by atoms with Gasteiger partial charge in [-0.05, 0) is 11.6 Å². The standard InChI is InChI=1S/C16H16N4O2/c1-18(2)16(22)20-11-17-13-8-9-19(14(13)15(20)21)10-12-6-4-3-5-7-12/h3-9,11H,10H2,1-2H3. The van der Waals surface area contributed by atoms with E-state index < -0.39 is 6.03 Å². The summed E-state index contributed by atoms with van der Waals surface area (Å²) in [7, 11) is 3.20. The molecule has 6 nitrogen and oxygen atoms in total. The maximum atomic E-state index is 12.6. The molecule has 0 fully saturated rings. The Morgan fingerprint density at radius 1 is 1.18 bits per heavy atom. The van der Waals surface area contributed by atoms with Gasteiger partial charge in [0.1, 0.15) is 11.8 Å². The smallest absolute Gasteiger partial charge is 0.331 e. The van der Waals surface area contributed by atoms with Gasteiger partial charge < -0.3 is 9.47 Å². The van der Waals surface area contributed by atoms with Gasteiger partial charge in [-0.3, -0.25) is 4.79 Å². The molecule has 0 bridgehead atoms. The van der Waals surface area contributed by atoms with E-state index in [4.69, 9.17) is 0 Å². The molecule has 0 radical (unpaired) electrons. The number of amides is 1. The fourth-order valence-corrected chi connectivity index (χ4v) is 2.35. The summed E-state index contributed by atoms with van der Waals surface area (Å²) in [5.41, 5.74) is 1.74. The van der Waals surface area contributed by atoms with Crippen molar-refractivity contribution in [1.82, 2.24) is 19.0 Å². The Balaban J connectivity index is 2.11. The first kappa shape index (κ1) is 14.1. The molecule has 0 N–H and O–H groups in total. The summed E-state index contributed by atoms with van der Waals surface area (Å²) >= 11 is 0. The number of carbonyl (C=O) groups excluding carboxylic acids is 1. The summed E-state index contributed by atoms with van der Waals surface area (Å²) in [5, 5.41) is 0. The molecule has 112 valence electrons. The number of carbonyl (C=O) groups is 1. The molecule has 0 spiro atoms. The third-order valence-corrected chi connectivity index (χ3v) is 3.46. The molecule has 0 aliphatic heterocycles. The molecule has 2 heterocycles. The molecule has 3 aromatic rings. The van der Waals surface area contributed by atoms with E-state index in [0.717, 1.165) is 10.1 Å². The topological polar surface area (TPSA) is 60.1 Å². The Bertz CT molecular complexity index is 878. The first-order valence-electron chi connectivity index (χ1n) is 6.90. The van der Waals surface area contributed by atoms with Gasteiger partial charge in [0.2, 0.25) is 0 Å². The fourth-order valence-electron chi connectivity index (χ4n) is 2.35. The van der Waals surface area contributed by atoms with Crippen LogP contribution in [0.25, 0.3) is 11.0 Å². The van der Waals surface area contributed by atoms with Crippen LogP contribution in [-0.2, 0) is 6.54 Å². The predicted octanol–water partition coefficient (Wildman–Crippen LogP) is 1.78. The zero-order chi connectivity index (χ0) is 15.7. The first-order valence-corrected chi connectivity index (χ1v) is 6.90. The Morgan fingerprint density at radius 3 is 2.59 bits per heavy atom. The van der Waals surface area contributed by atoms with E-state index >= 15 is 0 Å². The molecule has 1 aromatic carbocycles. The monoisotopic (exact) mass is 296 g/mol. The van der Waals surface area contributed by atoms with Gasteiger partial charge in [0.15, 0.2) is 0 Å². The van der Waals surface area contributed by atoms with E-state index in [1.54, 1.807) is 20.2 Å². The quantitative estimate of drug-likeness (QED) is 0.724. The molecule has 22 heavy (non-hydrogen) atoms. The van der Waals surface area contributed by atoms with Crippen molar-refractivity contribution in [2.45, 2.75) is 6.54 Å². The third kappa shape index (κ3) is 2.39. The van der Waals surface area contributed by atoms with Crippen molar-refractivity contribution in [3.63, 3.8) is 0 Å². The molecule has 2 aromatic heterocycles. The van der Waals surface area contributed by atoms with Crippen molar-refractivity contribution >= 4 is 17.1 Å². The van der Waals surface area contributed by atoms with Crippen molar-refractivity contribution in [3.05, 3.63) is 64.8 Å². The zero-order valence-electron chi connectivity index (χ0n) is 12.4. The Morgan fingerprint density at radius 2 is 1.91 bits per heavy atom. The maximum absolute atomic E-state index is 12.6. The van der Waals surface area contributed by atoms with E-state index in [2.05, 4.69) is 4.98 Å². The molecule has 0 aliphatic rings. The van der Waals surface area contributed by atoms with E-state index in [1.165, 1.54) is 11.2 Å². The summed E-state index contributed by atoms with van der Waals surface area (Å²) in [6.45, 7) is 0.557. The van der Waals surface area contributed by atoms with Crippen molar-refractivity contribution in [2.24, 2.45) is 0 Å². The maximum Gasteiger partial charge on any atom is 0.331 e. The van der Waals surface area contributed by atoms with Crippen LogP contribution >= 0.6 is 0 Å². The lowest BCUT2D eigenvalue weighted by Crippen LogP contribution is -2.36. The molecular weight excluding hydrogens is 280 g/mol. The van der Waals surface area contributed by atoms with Crippen molar-refractivity contribution in [1.29, 1.82) is 0 Å².